The third kappa shape index (κ3) is 15.3. The lowest BCUT2D eigenvalue weighted by Gasteiger charge is -2.06. The molecule has 0 spiro atoms. The van der Waals surface area contributed by atoms with Gasteiger partial charge in [-0.25, -0.2) is 0 Å². The van der Waals surface area contributed by atoms with Gasteiger partial charge in [-0.3, -0.25) is 0 Å². The summed E-state index contributed by atoms with van der Waals surface area (Å²) in [5.74, 6) is 0.925. The van der Waals surface area contributed by atoms with Crippen LogP contribution in [-0.4, -0.2) is 6.61 Å². The van der Waals surface area contributed by atoms with Crippen LogP contribution in [0.3, 0.4) is 0 Å². The van der Waals surface area contributed by atoms with Crippen molar-refractivity contribution in [1.82, 2.24) is 0 Å². The molecule has 0 saturated heterocycles. The van der Waals surface area contributed by atoms with E-state index in [1.807, 2.05) is 24.3 Å². The second-order valence-electron chi connectivity index (χ2n) is 7.71. The number of hydrogen-bond acceptors (Lipinski definition) is 2. The molecule has 0 aliphatic rings. The van der Waals surface area contributed by atoms with Crippen LogP contribution in [0.2, 0.25) is 0 Å². The molecule has 2 heteroatoms. The van der Waals surface area contributed by atoms with Crippen molar-refractivity contribution in [2.45, 2.75) is 103 Å². The van der Waals surface area contributed by atoms with Crippen molar-refractivity contribution in [1.29, 1.82) is 0 Å². The highest BCUT2D eigenvalue weighted by molar-refractivity contribution is 5.41. The van der Waals surface area contributed by atoms with Crippen molar-refractivity contribution < 1.29 is 4.74 Å². The summed E-state index contributed by atoms with van der Waals surface area (Å²) in [7, 11) is 0. The molecule has 154 valence electrons. The second kappa shape index (κ2) is 17.9. The SMILES string of the molecule is CCCCCCCCC=CCCCCCCCCCOc1ccc(N)cc1. The molecule has 1 aromatic carbocycles. The molecule has 0 amide bonds. The Bertz CT molecular complexity index is 452. The highest BCUT2D eigenvalue weighted by atomic mass is 16.5. The van der Waals surface area contributed by atoms with E-state index in [9.17, 15) is 0 Å². The van der Waals surface area contributed by atoms with Crippen LogP contribution in [-0.2, 0) is 0 Å². The normalized spacial score (nSPS) is 11.3. The average Bonchev–Trinajstić information content (AvgIpc) is 2.68. The lowest BCUT2D eigenvalue weighted by atomic mass is 10.1. The third-order valence-electron chi connectivity index (χ3n) is 5.05. The first-order valence-electron chi connectivity index (χ1n) is 11.5. The maximum atomic E-state index is 5.72. The minimum atomic E-state index is 0.788. The zero-order valence-electron chi connectivity index (χ0n) is 17.8. The zero-order chi connectivity index (χ0) is 19.4. The summed E-state index contributed by atoms with van der Waals surface area (Å²) in [6.45, 7) is 3.09. The first-order valence-corrected chi connectivity index (χ1v) is 11.5. The smallest absolute Gasteiger partial charge is 0.119 e. The standard InChI is InChI=1S/C25H43NO/c1-2-3-4-5-6-7-8-9-10-11-12-13-14-15-16-17-18-23-27-25-21-19-24(26)20-22-25/h9-10,19-22H,2-8,11-18,23,26H2,1H3. The van der Waals surface area contributed by atoms with E-state index in [1.54, 1.807) is 0 Å². The van der Waals surface area contributed by atoms with Crippen molar-refractivity contribution in [3.05, 3.63) is 36.4 Å². The number of benzene rings is 1. The second-order valence-corrected chi connectivity index (χ2v) is 7.71. The van der Waals surface area contributed by atoms with E-state index in [1.165, 1.54) is 89.9 Å². The van der Waals surface area contributed by atoms with Crippen LogP contribution in [0.4, 0.5) is 5.69 Å². The maximum absolute atomic E-state index is 5.72. The number of nitrogens with two attached hydrogens (primary N) is 1. The van der Waals surface area contributed by atoms with Gasteiger partial charge in [0, 0.05) is 5.69 Å². The number of allylic oxidation sites excluding steroid dienone is 2. The van der Waals surface area contributed by atoms with Crippen molar-refractivity contribution in [2.24, 2.45) is 0 Å². The predicted octanol–water partition coefficient (Wildman–Crippen LogP) is 8.08. The quantitative estimate of drug-likeness (QED) is 0.160. The van der Waals surface area contributed by atoms with Gasteiger partial charge in [-0.15, -0.1) is 0 Å². The van der Waals surface area contributed by atoms with Crippen LogP contribution in [0.1, 0.15) is 103 Å². The number of nitrogen functional groups attached to an aromatic ring is 1. The molecular formula is C25H43NO. The van der Waals surface area contributed by atoms with E-state index in [0.717, 1.165) is 24.5 Å². The largest absolute Gasteiger partial charge is 0.494 e. The Hall–Kier alpha value is -1.44. The predicted molar refractivity (Wildman–Crippen MR) is 120 cm³/mol. The molecule has 0 aliphatic carbocycles. The Morgan fingerprint density at radius 1 is 0.667 bits per heavy atom. The first-order chi connectivity index (χ1) is 13.3. The van der Waals surface area contributed by atoms with E-state index in [0.29, 0.717) is 0 Å². The van der Waals surface area contributed by atoms with Crippen LogP contribution in [0, 0.1) is 0 Å². The molecule has 0 fully saturated rings. The number of unbranched alkanes of at least 4 members (excludes halogenated alkanes) is 13. The van der Waals surface area contributed by atoms with Crippen LogP contribution < -0.4 is 10.5 Å². The van der Waals surface area contributed by atoms with E-state index < -0.39 is 0 Å². The fourth-order valence-electron chi connectivity index (χ4n) is 3.28. The van der Waals surface area contributed by atoms with Gasteiger partial charge >= 0.3 is 0 Å². The van der Waals surface area contributed by atoms with Crippen LogP contribution >= 0.6 is 0 Å². The molecule has 0 aliphatic heterocycles. The summed E-state index contributed by atoms with van der Waals surface area (Å²) in [5.41, 5.74) is 6.45. The van der Waals surface area contributed by atoms with E-state index in [-0.39, 0.29) is 0 Å². The number of rotatable bonds is 18. The average molecular weight is 374 g/mol. The van der Waals surface area contributed by atoms with Gasteiger partial charge in [-0.2, -0.15) is 0 Å². The zero-order valence-corrected chi connectivity index (χ0v) is 17.8. The van der Waals surface area contributed by atoms with Gasteiger partial charge < -0.3 is 10.5 Å². The van der Waals surface area contributed by atoms with Gasteiger partial charge in [0.1, 0.15) is 5.75 Å². The molecule has 0 radical (unpaired) electrons. The molecule has 1 rings (SSSR count). The van der Waals surface area contributed by atoms with Gasteiger partial charge in [0.15, 0.2) is 0 Å². The molecule has 0 saturated carbocycles. The summed E-state index contributed by atoms with van der Waals surface area (Å²) in [6.07, 6.45) is 25.0. The van der Waals surface area contributed by atoms with Crippen molar-refractivity contribution in [3.8, 4) is 5.75 Å². The Kier molecular flexibility index (Phi) is 15.7. The molecular weight excluding hydrogens is 330 g/mol. The monoisotopic (exact) mass is 373 g/mol. The topological polar surface area (TPSA) is 35.2 Å². The number of anilines is 1. The van der Waals surface area contributed by atoms with Gasteiger partial charge in [0.2, 0.25) is 0 Å². The fourth-order valence-corrected chi connectivity index (χ4v) is 3.28. The summed E-state index contributed by atoms with van der Waals surface area (Å²) >= 11 is 0. The maximum Gasteiger partial charge on any atom is 0.119 e. The van der Waals surface area contributed by atoms with Gasteiger partial charge in [0.05, 0.1) is 6.61 Å². The Morgan fingerprint density at radius 2 is 1.15 bits per heavy atom. The third-order valence-corrected chi connectivity index (χ3v) is 5.05. The molecule has 27 heavy (non-hydrogen) atoms. The van der Waals surface area contributed by atoms with E-state index in [4.69, 9.17) is 10.5 Å². The highest BCUT2D eigenvalue weighted by Crippen LogP contribution is 2.14. The van der Waals surface area contributed by atoms with Crippen LogP contribution in [0.25, 0.3) is 0 Å². The van der Waals surface area contributed by atoms with Crippen molar-refractivity contribution in [3.63, 3.8) is 0 Å². The molecule has 1 aromatic rings. The summed E-state index contributed by atoms with van der Waals surface area (Å²) < 4.78 is 5.72. The molecule has 0 aromatic heterocycles. The first kappa shape index (κ1) is 23.6. The highest BCUT2D eigenvalue weighted by Gasteiger charge is 1.95. The Balaban J connectivity index is 1.76. The number of hydrogen-bond donors (Lipinski definition) is 1. The molecule has 0 heterocycles. The lowest BCUT2D eigenvalue weighted by Crippen LogP contribution is -1.97. The lowest BCUT2D eigenvalue weighted by molar-refractivity contribution is 0.304. The summed E-state index contributed by atoms with van der Waals surface area (Å²) in [6, 6.07) is 7.66. The molecule has 0 atom stereocenters. The van der Waals surface area contributed by atoms with Crippen LogP contribution in [0.5, 0.6) is 5.75 Å². The molecule has 2 N–H and O–H groups in total. The van der Waals surface area contributed by atoms with Gasteiger partial charge in [-0.05, 0) is 56.4 Å². The summed E-state index contributed by atoms with van der Waals surface area (Å²) in [4.78, 5) is 0. The fraction of sp³-hybridized carbons (Fsp3) is 0.680. The van der Waals surface area contributed by atoms with E-state index >= 15 is 0 Å². The van der Waals surface area contributed by atoms with Crippen LogP contribution in [0.15, 0.2) is 36.4 Å². The van der Waals surface area contributed by atoms with Gasteiger partial charge in [-0.1, -0.05) is 83.3 Å². The Labute approximate surface area is 168 Å². The molecule has 2 nitrogen and oxygen atoms in total. The van der Waals surface area contributed by atoms with Crippen molar-refractivity contribution in [2.75, 3.05) is 12.3 Å². The minimum absolute atomic E-state index is 0.788. The molecule has 0 bridgehead atoms. The molecule has 0 unspecified atom stereocenters. The number of ether oxygens (including phenoxy) is 1. The summed E-state index contributed by atoms with van der Waals surface area (Å²) in [5, 5.41) is 0. The van der Waals surface area contributed by atoms with E-state index in [2.05, 4.69) is 19.1 Å². The van der Waals surface area contributed by atoms with Crippen molar-refractivity contribution >= 4 is 5.69 Å². The Morgan fingerprint density at radius 3 is 1.70 bits per heavy atom. The minimum Gasteiger partial charge on any atom is -0.494 e. The van der Waals surface area contributed by atoms with Gasteiger partial charge in [0.25, 0.3) is 0 Å².